The van der Waals surface area contributed by atoms with Gasteiger partial charge in [0.15, 0.2) is 0 Å². The summed E-state index contributed by atoms with van der Waals surface area (Å²) < 4.78 is 27.8. The zero-order valence-corrected chi connectivity index (χ0v) is 22.2. The lowest BCUT2D eigenvalue weighted by Crippen LogP contribution is -2.23. The molecule has 2 N–H and O–H groups in total. The van der Waals surface area contributed by atoms with Gasteiger partial charge in [-0.15, -0.1) is 11.3 Å². The van der Waals surface area contributed by atoms with Crippen LogP contribution in [0, 0.1) is 5.92 Å². The third-order valence-corrected chi connectivity index (χ3v) is 9.72. The van der Waals surface area contributed by atoms with Crippen LogP contribution in [0.15, 0.2) is 70.8 Å². The Morgan fingerprint density at radius 3 is 2.67 bits per heavy atom. The highest BCUT2D eigenvalue weighted by Gasteiger charge is 2.23. The summed E-state index contributed by atoms with van der Waals surface area (Å²) in [5.41, 5.74) is 2.76. The minimum atomic E-state index is -3.66. The molecule has 5 rings (SSSR count). The van der Waals surface area contributed by atoms with Crippen molar-refractivity contribution in [2.24, 2.45) is 5.92 Å². The van der Waals surface area contributed by atoms with E-state index in [9.17, 15) is 13.2 Å². The van der Waals surface area contributed by atoms with Crippen LogP contribution in [-0.4, -0.2) is 30.0 Å². The van der Waals surface area contributed by atoms with Crippen LogP contribution in [0.5, 0.6) is 0 Å². The van der Waals surface area contributed by atoms with E-state index in [1.807, 2.05) is 30.3 Å². The molecule has 7 nitrogen and oxygen atoms in total. The van der Waals surface area contributed by atoms with Gasteiger partial charge in [0.05, 0.1) is 10.6 Å². The highest BCUT2D eigenvalue weighted by atomic mass is 32.2. The minimum Gasteiger partial charge on any atom is -0.325 e. The average molecular weight is 539 g/mol. The Hall–Kier alpha value is -2.79. The van der Waals surface area contributed by atoms with E-state index in [4.69, 9.17) is 0 Å². The number of hydrogen-bond acceptors (Lipinski definition) is 7. The van der Waals surface area contributed by atoms with Crippen LogP contribution >= 0.6 is 23.1 Å². The van der Waals surface area contributed by atoms with Gasteiger partial charge in [0.1, 0.15) is 16.2 Å². The summed E-state index contributed by atoms with van der Waals surface area (Å²) in [5, 5.41) is 4.78. The molecule has 0 unspecified atom stereocenters. The number of thiophene rings is 1. The molecule has 1 aliphatic carbocycles. The molecule has 36 heavy (non-hydrogen) atoms. The van der Waals surface area contributed by atoms with Crippen molar-refractivity contribution in [2.45, 2.75) is 42.7 Å². The first-order valence-corrected chi connectivity index (χ1v) is 15.0. The van der Waals surface area contributed by atoms with E-state index in [0.29, 0.717) is 11.6 Å². The number of aryl methyl sites for hydroxylation is 1. The average Bonchev–Trinajstić information content (AvgIpc) is 3.25. The number of anilines is 1. The molecule has 10 heteroatoms. The van der Waals surface area contributed by atoms with Crippen LogP contribution in [0.1, 0.15) is 29.3 Å². The molecular formula is C26H26N4O3S3. The number of nitrogens with one attached hydrogen (secondary N) is 2. The number of aromatic nitrogens is 2. The second-order valence-electron chi connectivity index (χ2n) is 8.88. The van der Waals surface area contributed by atoms with E-state index in [-0.39, 0.29) is 23.1 Å². The molecule has 0 saturated heterocycles. The monoisotopic (exact) mass is 538 g/mol. The summed E-state index contributed by atoms with van der Waals surface area (Å²) in [6.07, 6.45) is 4.83. The van der Waals surface area contributed by atoms with Gasteiger partial charge in [0, 0.05) is 22.5 Å². The maximum absolute atomic E-state index is 12.6. The van der Waals surface area contributed by atoms with E-state index < -0.39 is 10.0 Å². The van der Waals surface area contributed by atoms with Crippen LogP contribution < -0.4 is 10.0 Å². The fourth-order valence-electron chi connectivity index (χ4n) is 4.26. The molecule has 2 heterocycles. The highest BCUT2D eigenvalue weighted by Crippen LogP contribution is 2.40. The van der Waals surface area contributed by atoms with Crippen molar-refractivity contribution in [3.63, 3.8) is 0 Å². The Morgan fingerprint density at radius 1 is 1.11 bits per heavy atom. The molecule has 2 aromatic heterocycles. The summed E-state index contributed by atoms with van der Waals surface area (Å²) in [4.78, 5) is 24.1. The Bertz CT molecular complexity index is 1490. The zero-order valence-electron chi connectivity index (χ0n) is 19.7. The zero-order chi connectivity index (χ0) is 25.1. The van der Waals surface area contributed by atoms with Crippen molar-refractivity contribution in [2.75, 3.05) is 11.1 Å². The van der Waals surface area contributed by atoms with Gasteiger partial charge < -0.3 is 5.32 Å². The van der Waals surface area contributed by atoms with Crippen LogP contribution in [-0.2, 0) is 34.2 Å². The van der Waals surface area contributed by atoms with E-state index in [0.717, 1.165) is 40.1 Å². The summed E-state index contributed by atoms with van der Waals surface area (Å²) in [7, 11) is -3.66. The molecule has 0 bridgehead atoms. The Kier molecular flexibility index (Phi) is 7.38. The van der Waals surface area contributed by atoms with E-state index >= 15 is 0 Å². The quantitative estimate of drug-likeness (QED) is 0.241. The fraction of sp³-hybridized carbons (Fsp3) is 0.269. The molecule has 1 atom stereocenters. The first-order valence-electron chi connectivity index (χ1n) is 11.7. The number of nitrogens with zero attached hydrogens (tertiary/aromatic N) is 2. The first-order chi connectivity index (χ1) is 17.4. The van der Waals surface area contributed by atoms with Gasteiger partial charge in [-0.1, -0.05) is 49.0 Å². The van der Waals surface area contributed by atoms with Crippen molar-refractivity contribution >= 4 is 54.9 Å². The maximum atomic E-state index is 12.6. The van der Waals surface area contributed by atoms with Gasteiger partial charge in [0.25, 0.3) is 0 Å². The van der Waals surface area contributed by atoms with Crippen LogP contribution in [0.25, 0.3) is 10.2 Å². The molecule has 2 aromatic carbocycles. The molecule has 0 aliphatic heterocycles. The lowest BCUT2D eigenvalue weighted by Gasteiger charge is -2.18. The number of carbonyl (C=O) groups is 1. The molecule has 1 amide bonds. The van der Waals surface area contributed by atoms with Crippen LogP contribution in [0.4, 0.5) is 5.69 Å². The predicted octanol–water partition coefficient (Wildman–Crippen LogP) is 5.03. The third-order valence-electron chi connectivity index (χ3n) is 6.15. The largest absolute Gasteiger partial charge is 0.325 e. The molecule has 1 aliphatic rings. The third kappa shape index (κ3) is 5.62. The number of fused-ring (bicyclic) bond motifs is 3. The number of carbonyl (C=O) groups excluding carboxylic acids is 1. The SMILES string of the molecule is C[C@H]1CCc2c(sc3ncnc(SCC(=O)Nc4ccc(S(=O)(=O)NCc5ccccc5)cc4)c23)C1. The van der Waals surface area contributed by atoms with Gasteiger partial charge in [-0.3, -0.25) is 4.79 Å². The molecule has 0 spiro atoms. The topological polar surface area (TPSA) is 101 Å². The molecule has 0 fully saturated rings. The van der Waals surface area contributed by atoms with Crippen molar-refractivity contribution in [1.82, 2.24) is 14.7 Å². The smallest absolute Gasteiger partial charge is 0.240 e. The van der Waals surface area contributed by atoms with Gasteiger partial charge >= 0.3 is 0 Å². The molecule has 0 radical (unpaired) electrons. The van der Waals surface area contributed by atoms with Crippen molar-refractivity contribution in [1.29, 1.82) is 0 Å². The maximum Gasteiger partial charge on any atom is 0.240 e. The first kappa shape index (κ1) is 24.9. The highest BCUT2D eigenvalue weighted by molar-refractivity contribution is 8.00. The van der Waals surface area contributed by atoms with Crippen LogP contribution in [0.3, 0.4) is 0 Å². The summed E-state index contributed by atoms with van der Waals surface area (Å²) in [5.74, 6) is 0.704. The fourth-order valence-corrected chi connectivity index (χ4v) is 7.52. The van der Waals surface area contributed by atoms with Gasteiger partial charge in [-0.05, 0) is 60.6 Å². The Labute approximate surface area is 218 Å². The Morgan fingerprint density at radius 2 is 1.89 bits per heavy atom. The van der Waals surface area contributed by atoms with Gasteiger partial charge in [-0.25, -0.2) is 23.1 Å². The minimum absolute atomic E-state index is 0.144. The predicted molar refractivity (Wildman–Crippen MR) is 145 cm³/mol. The lowest BCUT2D eigenvalue weighted by molar-refractivity contribution is -0.113. The standard InChI is InChI=1S/C26H26N4O3S3/c1-17-7-12-21-22(13-17)35-26-24(21)25(27-16-28-26)34-15-23(31)30-19-8-10-20(11-9-19)36(32,33)29-14-18-5-3-2-4-6-18/h2-6,8-11,16-17,29H,7,12-15H2,1H3,(H,30,31)/t17-/m0/s1. The molecule has 186 valence electrons. The van der Waals surface area contributed by atoms with Gasteiger partial charge in [-0.2, -0.15) is 0 Å². The van der Waals surface area contributed by atoms with Gasteiger partial charge in [0.2, 0.25) is 15.9 Å². The summed E-state index contributed by atoms with van der Waals surface area (Å²) in [6.45, 7) is 2.49. The number of thioether (sulfide) groups is 1. The second kappa shape index (κ2) is 10.7. The lowest BCUT2D eigenvalue weighted by atomic mass is 9.89. The normalized spacial score (nSPS) is 15.5. The number of benzene rings is 2. The molecule has 4 aromatic rings. The number of amides is 1. The van der Waals surface area contributed by atoms with E-state index in [2.05, 4.69) is 26.9 Å². The number of hydrogen-bond donors (Lipinski definition) is 2. The summed E-state index contributed by atoms with van der Waals surface area (Å²) >= 11 is 3.15. The Balaban J connectivity index is 1.20. The number of sulfonamides is 1. The van der Waals surface area contributed by atoms with Crippen molar-refractivity contribution in [3.05, 3.63) is 76.9 Å². The number of rotatable bonds is 8. The van der Waals surface area contributed by atoms with Crippen molar-refractivity contribution in [3.8, 4) is 0 Å². The molecular weight excluding hydrogens is 513 g/mol. The summed E-state index contributed by atoms with van der Waals surface area (Å²) in [6, 6.07) is 15.5. The molecule has 0 saturated carbocycles. The van der Waals surface area contributed by atoms with E-state index in [1.165, 1.54) is 34.3 Å². The van der Waals surface area contributed by atoms with Crippen molar-refractivity contribution < 1.29 is 13.2 Å². The van der Waals surface area contributed by atoms with E-state index in [1.54, 1.807) is 29.8 Å². The van der Waals surface area contributed by atoms with Crippen LogP contribution in [0.2, 0.25) is 0 Å². The second-order valence-corrected chi connectivity index (χ2v) is 12.7.